The molecule has 1 N–H and O–H groups in total. The van der Waals surface area contributed by atoms with E-state index in [4.69, 9.17) is 45.8 Å². The van der Waals surface area contributed by atoms with Gasteiger partial charge in [-0.2, -0.15) is 0 Å². The third-order valence-corrected chi connectivity index (χ3v) is 9.51. The highest BCUT2D eigenvalue weighted by molar-refractivity contribution is 14.1. The van der Waals surface area contributed by atoms with Gasteiger partial charge < -0.3 is 9.38 Å². The van der Waals surface area contributed by atoms with Crippen molar-refractivity contribution in [2.45, 2.75) is 185 Å². The molecule has 0 saturated carbocycles. The maximum absolute atomic E-state index is 12.1. The predicted molar refractivity (Wildman–Crippen MR) is 217 cm³/mol. The van der Waals surface area contributed by atoms with E-state index in [0.29, 0.717) is 3.89 Å². The molecule has 0 aliphatic rings. The van der Waals surface area contributed by atoms with Crippen molar-refractivity contribution in [1.82, 2.24) is 0 Å². The first-order valence-corrected chi connectivity index (χ1v) is 23.0. The fraction of sp³-hybridized carbons (Fsp3) is 1.00. The second-order valence-corrected chi connectivity index (χ2v) is 20.7. The Labute approximate surface area is 321 Å². The first-order valence-electron chi connectivity index (χ1n) is 17.5. The second kappa shape index (κ2) is 28.0. The number of halogens is 3. The highest BCUT2D eigenvalue weighted by Gasteiger charge is 2.37. The molecule has 0 fully saturated rings. The molecule has 0 aromatic rings. The molecule has 0 saturated heterocycles. The lowest BCUT2D eigenvalue weighted by atomic mass is 10.1. The van der Waals surface area contributed by atoms with Crippen LogP contribution >= 0.6 is 61.4 Å². The van der Waals surface area contributed by atoms with Crippen molar-refractivity contribution in [3.05, 3.63) is 0 Å². The Morgan fingerprint density at radius 2 is 0.792 bits per heavy atom. The van der Waals surface area contributed by atoms with Gasteiger partial charge in [-0.3, -0.25) is 22.6 Å². The van der Waals surface area contributed by atoms with Gasteiger partial charge in [0.15, 0.2) is 0 Å². The number of hydrogen-bond donors (Lipinski definition) is 1. The molecule has 0 spiro atoms. The van der Waals surface area contributed by atoms with Gasteiger partial charge in [0.05, 0.1) is 52.5 Å². The lowest BCUT2D eigenvalue weighted by Gasteiger charge is -2.39. The van der Waals surface area contributed by atoms with Crippen LogP contribution in [-0.2, 0) is 31.7 Å². The zero-order chi connectivity index (χ0) is 38.9. The largest absolute Gasteiger partial charge is 0.476 e. The van der Waals surface area contributed by atoms with Gasteiger partial charge >= 0.3 is 15.6 Å². The van der Waals surface area contributed by atoms with Crippen LogP contribution in [0.3, 0.4) is 0 Å². The van der Waals surface area contributed by atoms with E-state index in [1.807, 2.05) is 0 Å². The summed E-state index contributed by atoms with van der Waals surface area (Å²) in [6, 6.07) is -0.233. The van der Waals surface area contributed by atoms with Crippen LogP contribution in [0.4, 0.5) is 0 Å². The van der Waals surface area contributed by atoms with E-state index in [2.05, 4.69) is 50.3 Å². The van der Waals surface area contributed by atoms with E-state index in [1.54, 1.807) is 83.1 Å². The average molecular weight is 888 g/mol. The maximum atomic E-state index is 12.1. The van der Waals surface area contributed by atoms with Crippen LogP contribution in [0.25, 0.3) is 0 Å². The van der Waals surface area contributed by atoms with Crippen molar-refractivity contribution >= 4 is 61.4 Å². The van der Waals surface area contributed by atoms with Crippen molar-refractivity contribution in [3.8, 4) is 0 Å². The van der Waals surface area contributed by atoms with Crippen LogP contribution < -0.4 is 0 Å². The normalized spacial score (nSPS) is 13.1. The van der Waals surface area contributed by atoms with E-state index in [9.17, 15) is 14.0 Å². The monoisotopic (exact) mass is 886 g/mol. The molecule has 0 bridgehead atoms. The summed E-state index contributed by atoms with van der Waals surface area (Å²) >= 11 is 12.4. The standard InChI is InChI=1S/C16H36N.C9H20ClO4P.C8H19O4P.CH2ClI/c1-5-9-13-17(14-10-6-2,15-11-7-3)16-12-8-4;1-8(2,3)13-15(11,12-7-10)14-9(4,5)6;1-7(2,3)11-13(9,10)12-8(4,5)6;2-1-3/h5-16H2,1-4H3;7H2,1-6H3;1-6H3,(H,9,10);1H2/q+1;;;. The summed E-state index contributed by atoms with van der Waals surface area (Å²) in [5.41, 5.74) is -2.61. The molecular formula is C34H77Cl2INO8P2+. The molecular weight excluding hydrogens is 810 g/mol. The molecule has 0 heterocycles. The van der Waals surface area contributed by atoms with Gasteiger partial charge in [-0.1, -0.05) is 87.6 Å². The summed E-state index contributed by atoms with van der Waals surface area (Å²) in [4.78, 5) is 9.30. The Balaban J connectivity index is -0.000000292. The van der Waals surface area contributed by atoms with Crippen molar-refractivity contribution in [1.29, 1.82) is 0 Å². The molecule has 0 amide bonds. The molecule has 48 heavy (non-hydrogen) atoms. The van der Waals surface area contributed by atoms with Gasteiger partial charge in [0.1, 0.15) is 6.07 Å². The molecule has 14 heteroatoms. The van der Waals surface area contributed by atoms with E-state index in [1.165, 1.54) is 82.0 Å². The molecule has 0 radical (unpaired) electrons. The number of rotatable bonds is 18. The number of hydrogen-bond acceptors (Lipinski definition) is 7. The van der Waals surface area contributed by atoms with Crippen LogP contribution in [0, 0.1) is 0 Å². The van der Waals surface area contributed by atoms with E-state index in [0.717, 1.165) is 0 Å². The number of unbranched alkanes of at least 4 members (excludes halogenated alkanes) is 4. The molecule has 296 valence electrons. The number of alkyl halides is 3. The first kappa shape index (κ1) is 56.2. The molecule has 0 aromatic carbocycles. The van der Waals surface area contributed by atoms with Gasteiger partial charge in [0.2, 0.25) is 0 Å². The molecule has 0 atom stereocenters. The Kier molecular flexibility index (Phi) is 32.8. The van der Waals surface area contributed by atoms with Crippen LogP contribution in [-0.4, -0.2) is 67.9 Å². The minimum Gasteiger partial charge on any atom is -0.324 e. The molecule has 0 unspecified atom stereocenters. The van der Waals surface area contributed by atoms with E-state index >= 15 is 0 Å². The van der Waals surface area contributed by atoms with Crippen molar-refractivity contribution in [2.75, 3.05) is 36.1 Å². The van der Waals surface area contributed by atoms with Crippen LogP contribution in [0.5, 0.6) is 0 Å². The van der Waals surface area contributed by atoms with Crippen LogP contribution in [0.1, 0.15) is 162 Å². The summed E-state index contributed by atoms with van der Waals surface area (Å²) in [5, 5.41) is 0. The molecule has 0 aliphatic heterocycles. The van der Waals surface area contributed by atoms with Gasteiger partial charge in [-0.05, 0) is 109 Å². The highest BCUT2D eigenvalue weighted by Crippen LogP contribution is 2.55. The Morgan fingerprint density at radius 1 is 0.562 bits per heavy atom. The van der Waals surface area contributed by atoms with Crippen LogP contribution in [0.2, 0.25) is 0 Å². The number of nitrogens with zero attached hydrogens (tertiary/aromatic N) is 1. The topological polar surface area (TPSA) is 101 Å². The minimum atomic E-state index is -3.94. The van der Waals surface area contributed by atoms with Gasteiger partial charge in [0, 0.05) is 0 Å². The summed E-state index contributed by atoms with van der Waals surface area (Å²) in [7, 11) is -7.53. The maximum Gasteiger partial charge on any atom is 0.476 e. The van der Waals surface area contributed by atoms with E-state index < -0.39 is 38.0 Å². The number of quaternary nitrogens is 1. The second-order valence-electron chi connectivity index (χ2n) is 15.7. The van der Waals surface area contributed by atoms with Crippen molar-refractivity contribution < 1.29 is 41.1 Å². The summed E-state index contributed by atoms with van der Waals surface area (Å²) in [6.45, 7) is 35.8. The fourth-order valence-corrected chi connectivity index (χ4v) is 7.54. The first-order chi connectivity index (χ1) is 21.5. The summed E-state index contributed by atoms with van der Waals surface area (Å²) in [5.74, 6) is 0. The Morgan fingerprint density at radius 3 is 0.958 bits per heavy atom. The van der Waals surface area contributed by atoms with Gasteiger partial charge in [-0.15, -0.1) is 11.6 Å². The fourth-order valence-electron chi connectivity index (χ4n) is 4.16. The zero-order valence-corrected chi connectivity index (χ0v) is 39.1. The highest BCUT2D eigenvalue weighted by atomic mass is 127. The van der Waals surface area contributed by atoms with E-state index in [-0.39, 0.29) is 6.07 Å². The third kappa shape index (κ3) is 41.9. The molecule has 0 aliphatic carbocycles. The summed E-state index contributed by atoms with van der Waals surface area (Å²) < 4.78 is 50.7. The quantitative estimate of drug-likeness (QED) is 0.0629. The number of phosphoric ester groups is 2. The van der Waals surface area contributed by atoms with Crippen molar-refractivity contribution in [2.24, 2.45) is 0 Å². The molecule has 0 rings (SSSR count). The Hall–Kier alpha value is 1.49. The lowest BCUT2D eigenvalue weighted by Crippen LogP contribution is -2.50. The predicted octanol–water partition coefficient (Wildman–Crippen LogP) is 13.3. The third-order valence-electron chi connectivity index (χ3n) is 5.70. The van der Waals surface area contributed by atoms with Gasteiger partial charge in [-0.25, -0.2) is 9.13 Å². The zero-order valence-electron chi connectivity index (χ0n) is 33.7. The average Bonchev–Trinajstić information content (AvgIpc) is 2.84. The Bertz CT molecular complexity index is 781. The molecule has 0 aromatic heterocycles. The lowest BCUT2D eigenvalue weighted by molar-refractivity contribution is -0.929. The van der Waals surface area contributed by atoms with Crippen LogP contribution in [0.15, 0.2) is 0 Å². The smallest absolute Gasteiger partial charge is 0.324 e. The van der Waals surface area contributed by atoms with Crippen molar-refractivity contribution in [3.63, 3.8) is 0 Å². The van der Waals surface area contributed by atoms with Gasteiger partial charge in [0.25, 0.3) is 0 Å². The summed E-state index contributed by atoms with van der Waals surface area (Å²) in [6.07, 6.45) is 11.1. The SMILES string of the molecule is CC(C)(C)OP(=O)(O)OC(C)(C)C.CC(C)(C)OP(=O)(OCCl)OC(C)(C)C.CCCC[N+](CCCC)(CCCC)CCCC.ClCI. The minimum absolute atomic E-state index is 0.233. The number of phosphoric acid groups is 2. The molecule has 9 nitrogen and oxygen atoms in total.